The zero-order valence-corrected chi connectivity index (χ0v) is 21.4. The van der Waals surface area contributed by atoms with Crippen LogP contribution in [-0.4, -0.2) is 27.4 Å². The smallest absolute Gasteiger partial charge is 0.122 e. The predicted molar refractivity (Wildman–Crippen MR) is 144 cm³/mol. The Bertz CT molecular complexity index is 1020. The zero-order valence-electron chi connectivity index (χ0n) is 21.4. The van der Waals surface area contributed by atoms with Gasteiger partial charge in [0, 0.05) is 35.2 Å². The molecule has 35 heavy (non-hydrogen) atoms. The number of para-hydroxylation sites is 2. The Morgan fingerprint density at radius 1 is 0.629 bits per heavy atom. The topological polar surface area (TPSA) is 27.7 Å². The molecule has 184 valence electrons. The van der Waals surface area contributed by atoms with Crippen molar-refractivity contribution < 1.29 is 14.2 Å². The van der Waals surface area contributed by atoms with Crippen molar-refractivity contribution in [1.82, 2.24) is 0 Å². The van der Waals surface area contributed by atoms with Crippen LogP contribution in [0.1, 0.15) is 37.8 Å². The van der Waals surface area contributed by atoms with Crippen LogP contribution in [0.5, 0.6) is 11.5 Å². The second-order valence-electron chi connectivity index (χ2n) is 9.66. The highest BCUT2D eigenvalue weighted by Crippen LogP contribution is 2.46. The minimum absolute atomic E-state index is 0.150. The minimum atomic E-state index is -0.150. The summed E-state index contributed by atoms with van der Waals surface area (Å²) >= 11 is 0. The first-order chi connectivity index (χ1) is 17.1. The van der Waals surface area contributed by atoms with Gasteiger partial charge in [-0.2, -0.15) is 0 Å². The number of rotatable bonds is 10. The van der Waals surface area contributed by atoms with E-state index in [9.17, 15) is 0 Å². The molecule has 0 bridgehead atoms. The normalized spacial score (nSPS) is 27.2. The van der Waals surface area contributed by atoms with Gasteiger partial charge in [-0.15, -0.1) is 0 Å². The first kappa shape index (κ1) is 25.1. The standard InChI is InChI=1S/C32H38O3/c1-25-13-9-11-19-31(25,27-15-5-7-17-29(27)33-3)21-23-35-24-22-32(20-12-10-14-26(32)2)28-16-6-8-18-30(28)34-4/h5-20,25-26H,21-24H2,1-4H3. The van der Waals surface area contributed by atoms with E-state index in [1.54, 1.807) is 14.2 Å². The van der Waals surface area contributed by atoms with E-state index in [-0.39, 0.29) is 10.8 Å². The second kappa shape index (κ2) is 11.1. The van der Waals surface area contributed by atoms with Gasteiger partial charge in [0.2, 0.25) is 0 Å². The molecule has 0 aliphatic heterocycles. The molecule has 4 unspecified atom stereocenters. The van der Waals surface area contributed by atoms with Gasteiger partial charge in [-0.3, -0.25) is 0 Å². The first-order valence-electron chi connectivity index (χ1n) is 12.6. The quantitative estimate of drug-likeness (QED) is 0.344. The van der Waals surface area contributed by atoms with Gasteiger partial charge in [0.1, 0.15) is 11.5 Å². The highest BCUT2D eigenvalue weighted by atomic mass is 16.5. The van der Waals surface area contributed by atoms with Crippen LogP contribution in [-0.2, 0) is 15.6 Å². The third kappa shape index (κ3) is 4.88. The molecule has 0 fully saturated rings. The van der Waals surface area contributed by atoms with Gasteiger partial charge in [-0.1, -0.05) is 98.9 Å². The van der Waals surface area contributed by atoms with Crippen molar-refractivity contribution >= 4 is 0 Å². The molecule has 2 aromatic rings. The van der Waals surface area contributed by atoms with E-state index in [0.717, 1.165) is 24.3 Å². The van der Waals surface area contributed by atoms with Gasteiger partial charge < -0.3 is 14.2 Å². The summed E-state index contributed by atoms with van der Waals surface area (Å²) in [6, 6.07) is 16.7. The predicted octanol–water partition coefficient (Wildman–Crippen LogP) is 7.20. The molecule has 0 amide bonds. The molecular formula is C32H38O3. The number of hydrogen-bond acceptors (Lipinski definition) is 3. The Hall–Kier alpha value is -3.04. The van der Waals surface area contributed by atoms with Gasteiger partial charge >= 0.3 is 0 Å². The molecule has 0 saturated heterocycles. The number of allylic oxidation sites excluding steroid dienone is 8. The maximum absolute atomic E-state index is 6.38. The van der Waals surface area contributed by atoms with E-state index in [1.165, 1.54) is 11.1 Å². The number of methoxy groups -OCH3 is 2. The summed E-state index contributed by atoms with van der Waals surface area (Å²) in [5, 5.41) is 0. The largest absolute Gasteiger partial charge is 0.496 e. The summed E-state index contributed by atoms with van der Waals surface area (Å²) in [7, 11) is 3.50. The third-order valence-electron chi connectivity index (χ3n) is 7.97. The van der Waals surface area contributed by atoms with Crippen molar-refractivity contribution in [1.29, 1.82) is 0 Å². The average Bonchev–Trinajstić information content (AvgIpc) is 2.90. The van der Waals surface area contributed by atoms with Gasteiger partial charge in [0.15, 0.2) is 0 Å². The van der Waals surface area contributed by atoms with E-state index in [1.807, 2.05) is 12.1 Å². The molecule has 2 aliphatic carbocycles. The number of ether oxygens (including phenoxy) is 3. The third-order valence-corrected chi connectivity index (χ3v) is 7.97. The molecule has 3 heteroatoms. The lowest BCUT2D eigenvalue weighted by Crippen LogP contribution is -2.35. The van der Waals surface area contributed by atoms with Crippen LogP contribution in [0.25, 0.3) is 0 Å². The zero-order chi connectivity index (χ0) is 24.7. The van der Waals surface area contributed by atoms with E-state index in [4.69, 9.17) is 14.2 Å². The monoisotopic (exact) mass is 470 g/mol. The Morgan fingerprint density at radius 3 is 1.46 bits per heavy atom. The average molecular weight is 471 g/mol. The molecule has 4 atom stereocenters. The highest BCUT2D eigenvalue weighted by Gasteiger charge is 2.39. The fourth-order valence-corrected chi connectivity index (χ4v) is 5.77. The van der Waals surface area contributed by atoms with E-state index < -0.39 is 0 Å². The molecule has 2 aliphatic rings. The van der Waals surface area contributed by atoms with Crippen molar-refractivity contribution in [2.45, 2.75) is 37.5 Å². The Labute approximate surface area is 210 Å². The summed E-state index contributed by atoms with van der Waals surface area (Å²) in [6.07, 6.45) is 19.6. The molecule has 4 rings (SSSR count). The molecule has 0 N–H and O–H groups in total. The van der Waals surface area contributed by atoms with Crippen molar-refractivity contribution in [3.05, 3.63) is 108 Å². The van der Waals surface area contributed by atoms with Gasteiger partial charge in [-0.25, -0.2) is 0 Å². The number of hydrogen-bond donors (Lipinski definition) is 0. The first-order valence-corrected chi connectivity index (χ1v) is 12.6. The van der Waals surface area contributed by atoms with Crippen molar-refractivity contribution in [2.24, 2.45) is 11.8 Å². The summed E-state index contributed by atoms with van der Waals surface area (Å²) in [5.41, 5.74) is 2.14. The summed E-state index contributed by atoms with van der Waals surface area (Å²) in [6.45, 7) is 5.92. The Morgan fingerprint density at radius 2 is 1.06 bits per heavy atom. The van der Waals surface area contributed by atoms with E-state index in [2.05, 4.69) is 98.9 Å². The fourth-order valence-electron chi connectivity index (χ4n) is 5.77. The van der Waals surface area contributed by atoms with E-state index >= 15 is 0 Å². The second-order valence-corrected chi connectivity index (χ2v) is 9.66. The van der Waals surface area contributed by atoms with Gasteiger partial charge in [0.05, 0.1) is 14.2 Å². The lowest BCUT2D eigenvalue weighted by atomic mass is 9.66. The Balaban J connectivity index is 1.49. The highest BCUT2D eigenvalue weighted by molar-refractivity contribution is 5.47. The van der Waals surface area contributed by atoms with Crippen LogP contribution in [0.4, 0.5) is 0 Å². The SMILES string of the molecule is COc1ccccc1C1(CCOCCC2(c3ccccc3OC)C=CC=CC2C)C=CC=CC1C. The molecule has 0 heterocycles. The fraction of sp³-hybridized carbons (Fsp3) is 0.375. The van der Waals surface area contributed by atoms with Crippen molar-refractivity contribution in [2.75, 3.05) is 27.4 Å². The Kier molecular flexibility index (Phi) is 7.97. The lowest BCUT2D eigenvalue weighted by Gasteiger charge is -2.39. The molecule has 3 nitrogen and oxygen atoms in total. The van der Waals surface area contributed by atoms with Crippen LogP contribution in [0, 0.1) is 11.8 Å². The minimum Gasteiger partial charge on any atom is -0.496 e. The van der Waals surface area contributed by atoms with Crippen molar-refractivity contribution in [3.8, 4) is 11.5 Å². The lowest BCUT2D eigenvalue weighted by molar-refractivity contribution is 0.0967. The van der Waals surface area contributed by atoms with Crippen LogP contribution < -0.4 is 9.47 Å². The van der Waals surface area contributed by atoms with Crippen LogP contribution in [0.3, 0.4) is 0 Å². The molecule has 0 radical (unpaired) electrons. The molecule has 2 aromatic carbocycles. The molecule has 0 spiro atoms. The maximum Gasteiger partial charge on any atom is 0.122 e. The maximum atomic E-state index is 6.38. The summed E-state index contributed by atoms with van der Waals surface area (Å²) < 4.78 is 17.9. The number of benzene rings is 2. The van der Waals surface area contributed by atoms with Gasteiger partial charge in [-0.05, 0) is 36.8 Å². The van der Waals surface area contributed by atoms with Crippen LogP contribution >= 0.6 is 0 Å². The van der Waals surface area contributed by atoms with Crippen molar-refractivity contribution in [3.63, 3.8) is 0 Å². The summed E-state index contributed by atoms with van der Waals surface area (Å²) in [5.74, 6) is 2.56. The summed E-state index contributed by atoms with van der Waals surface area (Å²) in [4.78, 5) is 0. The molecule has 0 saturated carbocycles. The van der Waals surface area contributed by atoms with Crippen LogP contribution in [0.15, 0.2) is 97.1 Å². The van der Waals surface area contributed by atoms with E-state index in [0.29, 0.717) is 25.0 Å². The molecule has 0 aromatic heterocycles. The van der Waals surface area contributed by atoms with Gasteiger partial charge in [0.25, 0.3) is 0 Å². The van der Waals surface area contributed by atoms with Crippen LogP contribution in [0.2, 0.25) is 0 Å². The molecular weight excluding hydrogens is 432 g/mol.